The van der Waals surface area contributed by atoms with E-state index in [-0.39, 0.29) is 41.8 Å². The molecule has 0 aromatic heterocycles. The van der Waals surface area contributed by atoms with Crippen LogP contribution in [0.1, 0.15) is 30.4 Å². The molecule has 29 heavy (non-hydrogen) atoms. The molecule has 5 nitrogen and oxygen atoms in total. The van der Waals surface area contributed by atoms with E-state index < -0.39 is 9.84 Å². The largest absolute Gasteiger partial charge is 0.357 e. The predicted octanol–water partition coefficient (Wildman–Crippen LogP) is 3.50. The molecule has 0 amide bonds. The Morgan fingerprint density at radius 2 is 1.86 bits per heavy atom. The smallest absolute Gasteiger partial charge is 0.191 e. The Kier molecular flexibility index (Phi) is 8.45. The van der Waals surface area contributed by atoms with Crippen LogP contribution in [0.4, 0.5) is 4.39 Å². The first-order valence-electron chi connectivity index (χ1n) is 9.46. The van der Waals surface area contributed by atoms with Gasteiger partial charge in [0.05, 0.1) is 4.90 Å². The molecule has 0 heterocycles. The number of aliphatic imine (C=N–C) groups is 1. The summed E-state index contributed by atoms with van der Waals surface area (Å²) in [5.74, 6) is 0.740. The molecule has 3 rings (SSSR count). The summed E-state index contributed by atoms with van der Waals surface area (Å²) in [6, 6.07) is 14.0. The molecule has 0 bridgehead atoms. The zero-order valence-corrected chi connectivity index (χ0v) is 19.7. The van der Waals surface area contributed by atoms with Crippen LogP contribution in [0, 0.1) is 5.82 Å². The number of hydrogen-bond acceptors (Lipinski definition) is 3. The monoisotopic (exact) mass is 531 g/mol. The average molecular weight is 531 g/mol. The van der Waals surface area contributed by atoms with Gasteiger partial charge in [0.25, 0.3) is 0 Å². The lowest BCUT2D eigenvalue weighted by Gasteiger charge is -2.11. The Morgan fingerprint density at radius 3 is 2.48 bits per heavy atom. The first-order valence-corrected chi connectivity index (χ1v) is 11.4. The number of rotatable bonds is 7. The standard InChI is InChI=1S/C21H26FN3O2S.HI/c1-3-23-21(25-20-14-18(20)17-6-4-5-7-19(17)22)24-13-12-15-8-10-16(11-9-15)28(2,26)27;/h4-11,18,20H,3,12-14H2,1-2H3,(H2,23,24,25);1H. The van der Waals surface area contributed by atoms with Crippen LogP contribution >= 0.6 is 24.0 Å². The lowest BCUT2D eigenvalue weighted by atomic mass is 10.1. The predicted molar refractivity (Wildman–Crippen MR) is 125 cm³/mol. The third-order valence-corrected chi connectivity index (χ3v) is 5.91. The molecule has 2 N–H and O–H groups in total. The summed E-state index contributed by atoms with van der Waals surface area (Å²) in [5, 5.41) is 6.60. The molecule has 1 fully saturated rings. The van der Waals surface area contributed by atoms with E-state index in [0.717, 1.165) is 30.1 Å². The molecule has 0 radical (unpaired) electrons. The molecule has 0 spiro atoms. The highest BCUT2D eigenvalue weighted by Gasteiger charge is 2.40. The molecule has 2 aromatic carbocycles. The lowest BCUT2D eigenvalue weighted by Crippen LogP contribution is -2.39. The van der Waals surface area contributed by atoms with Crippen molar-refractivity contribution in [2.24, 2.45) is 4.99 Å². The fourth-order valence-corrected chi connectivity index (χ4v) is 3.80. The average Bonchev–Trinajstić information content (AvgIpc) is 3.41. The Bertz CT molecular complexity index is 949. The molecule has 2 unspecified atom stereocenters. The zero-order valence-electron chi connectivity index (χ0n) is 16.6. The first kappa shape index (κ1) is 23.6. The van der Waals surface area contributed by atoms with Crippen molar-refractivity contribution >= 4 is 39.8 Å². The van der Waals surface area contributed by atoms with Gasteiger partial charge < -0.3 is 10.6 Å². The molecule has 1 aliphatic carbocycles. The number of hydrogen-bond donors (Lipinski definition) is 2. The van der Waals surface area contributed by atoms with Gasteiger partial charge in [-0.15, -0.1) is 24.0 Å². The van der Waals surface area contributed by atoms with E-state index in [1.165, 1.54) is 12.3 Å². The second-order valence-corrected chi connectivity index (χ2v) is 9.06. The SMILES string of the molecule is CCNC(=NCCc1ccc(S(C)(=O)=O)cc1)NC1CC1c1ccccc1F.I. The molecular weight excluding hydrogens is 504 g/mol. The molecule has 0 aliphatic heterocycles. The Morgan fingerprint density at radius 1 is 1.17 bits per heavy atom. The maximum Gasteiger partial charge on any atom is 0.191 e. The van der Waals surface area contributed by atoms with E-state index in [1.807, 2.05) is 31.2 Å². The Balaban J connectivity index is 0.00000300. The second-order valence-electron chi connectivity index (χ2n) is 7.04. The Hall–Kier alpha value is -1.68. The van der Waals surface area contributed by atoms with Gasteiger partial charge in [0.2, 0.25) is 0 Å². The van der Waals surface area contributed by atoms with Crippen LogP contribution in [-0.2, 0) is 16.3 Å². The van der Waals surface area contributed by atoms with Crippen molar-refractivity contribution in [2.45, 2.75) is 36.6 Å². The number of halogens is 2. The van der Waals surface area contributed by atoms with Gasteiger partial charge in [-0.25, -0.2) is 12.8 Å². The molecule has 2 atom stereocenters. The van der Waals surface area contributed by atoms with Crippen LogP contribution in [0.3, 0.4) is 0 Å². The van der Waals surface area contributed by atoms with Gasteiger partial charge in [0.15, 0.2) is 15.8 Å². The third-order valence-electron chi connectivity index (χ3n) is 4.78. The first-order chi connectivity index (χ1) is 13.4. The van der Waals surface area contributed by atoms with E-state index in [2.05, 4.69) is 15.6 Å². The van der Waals surface area contributed by atoms with Gasteiger partial charge in [-0.05, 0) is 49.1 Å². The minimum Gasteiger partial charge on any atom is -0.357 e. The van der Waals surface area contributed by atoms with Gasteiger partial charge >= 0.3 is 0 Å². The topological polar surface area (TPSA) is 70.6 Å². The summed E-state index contributed by atoms with van der Waals surface area (Å²) < 4.78 is 37.0. The van der Waals surface area contributed by atoms with E-state index in [4.69, 9.17) is 0 Å². The van der Waals surface area contributed by atoms with Gasteiger partial charge in [-0.1, -0.05) is 30.3 Å². The van der Waals surface area contributed by atoms with Crippen LogP contribution in [0.2, 0.25) is 0 Å². The quantitative estimate of drug-likeness (QED) is 0.326. The lowest BCUT2D eigenvalue weighted by molar-refractivity contribution is 0.601. The number of sulfone groups is 1. The van der Waals surface area contributed by atoms with Crippen molar-refractivity contribution < 1.29 is 12.8 Å². The summed E-state index contributed by atoms with van der Waals surface area (Å²) in [6.07, 6.45) is 2.80. The molecule has 8 heteroatoms. The molecule has 0 saturated heterocycles. The fourth-order valence-electron chi connectivity index (χ4n) is 3.17. The summed E-state index contributed by atoms with van der Waals surface area (Å²) >= 11 is 0. The van der Waals surface area contributed by atoms with Crippen molar-refractivity contribution in [3.8, 4) is 0 Å². The summed E-state index contributed by atoms with van der Waals surface area (Å²) in [7, 11) is -3.17. The van der Waals surface area contributed by atoms with Crippen LogP contribution in [0.15, 0.2) is 58.4 Å². The number of guanidine groups is 1. The van der Waals surface area contributed by atoms with Gasteiger partial charge in [-0.3, -0.25) is 4.99 Å². The maximum atomic E-state index is 13.9. The molecular formula is C21H27FIN3O2S. The molecule has 1 saturated carbocycles. The van der Waals surface area contributed by atoms with Crippen molar-refractivity contribution in [1.29, 1.82) is 0 Å². The van der Waals surface area contributed by atoms with Crippen molar-refractivity contribution in [2.75, 3.05) is 19.3 Å². The fraction of sp³-hybridized carbons (Fsp3) is 0.381. The highest BCUT2D eigenvalue weighted by molar-refractivity contribution is 14.0. The van der Waals surface area contributed by atoms with Gasteiger partial charge in [0.1, 0.15) is 5.82 Å². The van der Waals surface area contributed by atoms with E-state index in [1.54, 1.807) is 18.2 Å². The number of nitrogens with zero attached hydrogens (tertiary/aromatic N) is 1. The molecule has 2 aromatic rings. The van der Waals surface area contributed by atoms with Crippen molar-refractivity contribution in [3.63, 3.8) is 0 Å². The zero-order chi connectivity index (χ0) is 20.1. The number of benzene rings is 2. The second kappa shape index (κ2) is 10.4. The van der Waals surface area contributed by atoms with Gasteiger partial charge in [0, 0.05) is 31.3 Å². The molecule has 1 aliphatic rings. The van der Waals surface area contributed by atoms with Crippen molar-refractivity contribution in [1.82, 2.24) is 10.6 Å². The van der Waals surface area contributed by atoms with E-state index in [9.17, 15) is 12.8 Å². The maximum absolute atomic E-state index is 13.9. The van der Waals surface area contributed by atoms with Crippen LogP contribution < -0.4 is 10.6 Å². The normalized spacial score (nSPS) is 18.7. The number of nitrogens with one attached hydrogen (secondary N) is 2. The minimum atomic E-state index is -3.17. The van der Waals surface area contributed by atoms with Crippen LogP contribution in [0.5, 0.6) is 0 Å². The van der Waals surface area contributed by atoms with Gasteiger partial charge in [-0.2, -0.15) is 0 Å². The van der Waals surface area contributed by atoms with E-state index >= 15 is 0 Å². The third kappa shape index (κ3) is 6.67. The highest BCUT2D eigenvalue weighted by atomic mass is 127. The van der Waals surface area contributed by atoms with Crippen LogP contribution in [-0.4, -0.2) is 39.8 Å². The van der Waals surface area contributed by atoms with E-state index in [0.29, 0.717) is 17.9 Å². The van der Waals surface area contributed by atoms with Crippen molar-refractivity contribution in [3.05, 3.63) is 65.5 Å². The summed E-state index contributed by atoms with van der Waals surface area (Å²) in [6.45, 7) is 3.32. The molecule has 158 valence electrons. The summed E-state index contributed by atoms with van der Waals surface area (Å²) in [5.41, 5.74) is 1.78. The van der Waals surface area contributed by atoms with Crippen LogP contribution in [0.25, 0.3) is 0 Å². The Labute approximate surface area is 189 Å². The summed E-state index contributed by atoms with van der Waals surface area (Å²) in [4.78, 5) is 4.91. The minimum absolute atomic E-state index is 0. The highest BCUT2D eigenvalue weighted by Crippen LogP contribution is 2.41.